The van der Waals surface area contributed by atoms with Gasteiger partial charge in [-0.15, -0.1) is 0 Å². The SMILES string of the molecule is Cc1noc(CNCc2ccc(C3CC3C)o2)n1. The maximum absolute atomic E-state index is 5.79. The van der Waals surface area contributed by atoms with Crippen LogP contribution in [0, 0.1) is 12.8 Å². The van der Waals surface area contributed by atoms with Crippen LogP contribution in [0.3, 0.4) is 0 Å². The Labute approximate surface area is 106 Å². The second-order valence-electron chi connectivity index (χ2n) is 4.96. The van der Waals surface area contributed by atoms with E-state index in [0.29, 0.717) is 30.7 Å². The highest BCUT2D eigenvalue weighted by molar-refractivity contribution is 5.17. The fourth-order valence-electron chi connectivity index (χ4n) is 2.11. The van der Waals surface area contributed by atoms with Crippen LogP contribution in [0.25, 0.3) is 0 Å². The average molecular weight is 247 g/mol. The third-order valence-electron chi connectivity index (χ3n) is 3.30. The molecular formula is C13H17N3O2. The number of nitrogens with one attached hydrogen (secondary N) is 1. The number of aromatic nitrogens is 2. The molecule has 0 radical (unpaired) electrons. The Balaban J connectivity index is 1.49. The molecule has 5 nitrogen and oxygen atoms in total. The van der Waals surface area contributed by atoms with Crippen molar-refractivity contribution in [3.63, 3.8) is 0 Å². The fourth-order valence-corrected chi connectivity index (χ4v) is 2.11. The zero-order valence-electron chi connectivity index (χ0n) is 10.6. The van der Waals surface area contributed by atoms with E-state index in [0.717, 1.165) is 17.4 Å². The van der Waals surface area contributed by atoms with Crippen molar-refractivity contribution in [3.05, 3.63) is 35.4 Å². The molecule has 5 heteroatoms. The van der Waals surface area contributed by atoms with E-state index in [2.05, 4.69) is 28.4 Å². The molecule has 0 saturated heterocycles. The minimum absolute atomic E-state index is 0.566. The van der Waals surface area contributed by atoms with Crippen molar-refractivity contribution < 1.29 is 8.94 Å². The lowest BCUT2D eigenvalue weighted by Gasteiger charge is -1.98. The Morgan fingerprint density at radius 1 is 1.39 bits per heavy atom. The molecule has 0 amide bonds. The summed E-state index contributed by atoms with van der Waals surface area (Å²) in [6.45, 7) is 5.31. The largest absolute Gasteiger partial charge is 0.464 e. The molecule has 0 aliphatic heterocycles. The monoisotopic (exact) mass is 247 g/mol. The van der Waals surface area contributed by atoms with Crippen LogP contribution in [0.2, 0.25) is 0 Å². The third kappa shape index (κ3) is 2.46. The zero-order valence-corrected chi connectivity index (χ0v) is 10.6. The molecule has 2 unspecified atom stereocenters. The van der Waals surface area contributed by atoms with E-state index in [9.17, 15) is 0 Å². The van der Waals surface area contributed by atoms with Gasteiger partial charge in [0, 0.05) is 5.92 Å². The summed E-state index contributed by atoms with van der Waals surface area (Å²) >= 11 is 0. The number of rotatable bonds is 5. The van der Waals surface area contributed by atoms with Crippen molar-refractivity contribution in [1.82, 2.24) is 15.5 Å². The summed E-state index contributed by atoms with van der Waals surface area (Å²) in [5.41, 5.74) is 0. The van der Waals surface area contributed by atoms with Crippen LogP contribution < -0.4 is 5.32 Å². The Morgan fingerprint density at radius 2 is 2.22 bits per heavy atom. The minimum Gasteiger partial charge on any atom is -0.464 e. The van der Waals surface area contributed by atoms with Crippen molar-refractivity contribution in [3.8, 4) is 0 Å². The number of hydrogen-bond acceptors (Lipinski definition) is 5. The van der Waals surface area contributed by atoms with Crippen LogP contribution in [-0.2, 0) is 13.1 Å². The number of nitrogens with zero attached hydrogens (tertiary/aromatic N) is 2. The Morgan fingerprint density at radius 3 is 2.89 bits per heavy atom. The first-order valence-corrected chi connectivity index (χ1v) is 6.31. The van der Waals surface area contributed by atoms with Gasteiger partial charge in [-0.1, -0.05) is 12.1 Å². The summed E-state index contributed by atoms with van der Waals surface area (Å²) < 4.78 is 10.8. The summed E-state index contributed by atoms with van der Waals surface area (Å²) in [6, 6.07) is 4.12. The molecule has 0 bridgehead atoms. The predicted molar refractivity (Wildman–Crippen MR) is 64.8 cm³/mol. The molecule has 2 aromatic heterocycles. The zero-order chi connectivity index (χ0) is 12.5. The van der Waals surface area contributed by atoms with Gasteiger partial charge in [0.05, 0.1) is 13.1 Å². The maximum Gasteiger partial charge on any atom is 0.240 e. The van der Waals surface area contributed by atoms with Crippen LogP contribution in [0.15, 0.2) is 21.1 Å². The fraction of sp³-hybridized carbons (Fsp3) is 0.538. The molecule has 1 aliphatic carbocycles. The lowest BCUT2D eigenvalue weighted by Crippen LogP contribution is -2.12. The van der Waals surface area contributed by atoms with Gasteiger partial charge in [-0.05, 0) is 31.4 Å². The molecule has 1 saturated carbocycles. The molecule has 2 aromatic rings. The van der Waals surface area contributed by atoms with Gasteiger partial charge < -0.3 is 14.3 Å². The molecular weight excluding hydrogens is 230 g/mol. The lowest BCUT2D eigenvalue weighted by atomic mass is 10.3. The van der Waals surface area contributed by atoms with Crippen molar-refractivity contribution in [1.29, 1.82) is 0 Å². The standard InChI is InChI=1S/C13H17N3O2/c1-8-5-11(8)12-4-3-10(17-12)6-14-7-13-15-9(2)16-18-13/h3-4,8,11,14H,5-7H2,1-2H3. The third-order valence-corrected chi connectivity index (χ3v) is 3.30. The highest BCUT2D eigenvalue weighted by Crippen LogP contribution is 2.47. The van der Waals surface area contributed by atoms with Crippen LogP contribution in [0.1, 0.15) is 42.5 Å². The molecule has 3 rings (SSSR count). The van der Waals surface area contributed by atoms with E-state index in [4.69, 9.17) is 8.94 Å². The number of aryl methyl sites for hydroxylation is 1. The van der Waals surface area contributed by atoms with E-state index in [1.165, 1.54) is 6.42 Å². The second-order valence-corrected chi connectivity index (χ2v) is 4.96. The van der Waals surface area contributed by atoms with Gasteiger partial charge in [0.25, 0.3) is 0 Å². The second kappa shape index (κ2) is 4.57. The van der Waals surface area contributed by atoms with Gasteiger partial charge >= 0.3 is 0 Å². The number of furan rings is 1. The predicted octanol–water partition coefficient (Wildman–Crippen LogP) is 2.38. The van der Waals surface area contributed by atoms with Gasteiger partial charge in [0.2, 0.25) is 5.89 Å². The summed E-state index contributed by atoms with van der Waals surface area (Å²) in [5, 5.41) is 6.96. The van der Waals surface area contributed by atoms with Crippen molar-refractivity contribution in [2.24, 2.45) is 5.92 Å². The summed E-state index contributed by atoms with van der Waals surface area (Å²) in [7, 11) is 0. The first-order chi connectivity index (χ1) is 8.72. The van der Waals surface area contributed by atoms with E-state index in [1.807, 2.05) is 13.0 Å². The molecule has 0 spiro atoms. The Bertz CT molecular complexity index is 532. The van der Waals surface area contributed by atoms with Gasteiger partial charge in [0.1, 0.15) is 11.5 Å². The van der Waals surface area contributed by atoms with E-state index in [1.54, 1.807) is 0 Å². The van der Waals surface area contributed by atoms with Gasteiger partial charge in [-0.2, -0.15) is 4.98 Å². The van der Waals surface area contributed by atoms with Crippen molar-refractivity contribution in [2.75, 3.05) is 0 Å². The molecule has 1 N–H and O–H groups in total. The van der Waals surface area contributed by atoms with Crippen LogP contribution in [0.4, 0.5) is 0 Å². The first kappa shape index (κ1) is 11.5. The molecule has 1 fully saturated rings. The van der Waals surface area contributed by atoms with E-state index < -0.39 is 0 Å². The van der Waals surface area contributed by atoms with Crippen molar-refractivity contribution >= 4 is 0 Å². The van der Waals surface area contributed by atoms with Crippen molar-refractivity contribution in [2.45, 2.75) is 39.3 Å². The van der Waals surface area contributed by atoms with Gasteiger partial charge in [-0.3, -0.25) is 0 Å². The Kier molecular flexibility index (Phi) is 2.91. The molecule has 2 heterocycles. The van der Waals surface area contributed by atoms with Crippen LogP contribution in [0.5, 0.6) is 0 Å². The summed E-state index contributed by atoms with van der Waals surface area (Å²) in [4.78, 5) is 4.12. The topological polar surface area (TPSA) is 64.1 Å². The molecule has 1 aliphatic rings. The van der Waals surface area contributed by atoms with Gasteiger partial charge in [-0.25, -0.2) is 0 Å². The number of hydrogen-bond donors (Lipinski definition) is 1. The summed E-state index contributed by atoms with van der Waals surface area (Å²) in [5.74, 6) is 4.76. The minimum atomic E-state index is 0.566. The quantitative estimate of drug-likeness (QED) is 0.878. The molecule has 18 heavy (non-hydrogen) atoms. The van der Waals surface area contributed by atoms with Crippen LogP contribution in [-0.4, -0.2) is 10.1 Å². The Hall–Kier alpha value is -1.62. The normalized spacial score (nSPS) is 22.3. The smallest absolute Gasteiger partial charge is 0.240 e. The maximum atomic E-state index is 5.79. The molecule has 2 atom stereocenters. The molecule has 96 valence electrons. The van der Waals surface area contributed by atoms with Crippen LogP contribution >= 0.6 is 0 Å². The van der Waals surface area contributed by atoms with E-state index in [-0.39, 0.29) is 0 Å². The van der Waals surface area contributed by atoms with E-state index >= 15 is 0 Å². The summed E-state index contributed by atoms with van der Waals surface area (Å²) in [6.07, 6.45) is 1.25. The molecule has 0 aromatic carbocycles. The highest BCUT2D eigenvalue weighted by Gasteiger charge is 2.36. The highest BCUT2D eigenvalue weighted by atomic mass is 16.5. The van der Waals surface area contributed by atoms with Gasteiger partial charge in [0.15, 0.2) is 5.82 Å². The lowest BCUT2D eigenvalue weighted by molar-refractivity contribution is 0.359. The first-order valence-electron chi connectivity index (χ1n) is 6.31. The average Bonchev–Trinajstić information content (AvgIpc) is 2.79.